The molecule has 2 amide bonds. The number of pyridine rings is 1. The lowest BCUT2D eigenvalue weighted by Gasteiger charge is -2.32. The number of nitrogens with one attached hydrogen (secondary N) is 2. The molecule has 0 radical (unpaired) electrons. The molecule has 1 aliphatic rings. The van der Waals surface area contributed by atoms with Crippen molar-refractivity contribution in [1.82, 2.24) is 15.2 Å². The Kier molecular flexibility index (Phi) is 8.51. The van der Waals surface area contributed by atoms with Crippen molar-refractivity contribution in [3.8, 4) is 0 Å². The average molecular weight is 397 g/mol. The number of carbonyl (C=O) groups is 2. The number of hydrogen-bond acceptors (Lipinski definition) is 4. The maximum absolute atomic E-state index is 12.6. The molecular weight excluding hydrogens is 375 g/mol. The third-order valence-electron chi connectivity index (χ3n) is 3.95. The minimum absolute atomic E-state index is 0. The van der Waals surface area contributed by atoms with Crippen molar-refractivity contribution in [2.75, 3.05) is 25.0 Å². The lowest BCUT2D eigenvalue weighted by atomic mass is 10.1. The zero-order chi connectivity index (χ0) is 16.9. The van der Waals surface area contributed by atoms with Crippen LogP contribution in [-0.4, -0.2) is 47.4 Å². The average Bonchev–Trinajstić information content (AvgIpc) is 2.62. The summed E-state index contributed by atoms with van der Waals surface area (Å²) in [4.78, 5) is 30.6. The van der Waals surface area contributed by atoms with Crippen LogP contribution in [0.1, 0.15) is 27.6 Å². The van der Waals surface area contributed by atoms with Crippen molar-refractivity contribution in [1.29, 1.82) is 0 Å². The Morgan fingerprint density at radius 3 is 2.65 bits per heavy atom. The smallest absolute Gasteiger partial charge is 0.257 e. The van der Waals surface area contributed by atoms with Gasteiger partial charge < -0.3 is 15.5 Å². The summed E-state index contributed by atoms with van der Waals surface area (Å²) < 4.78 is 0. The van der Waals surface area contributed by atoms with Crippen LogP contribution in [0.3, 0.4) is 0 Å². The molecule has 3 rings (SSSR count). The molecule has 1 atom stereocenters. The van der Waals surface area contributed by atoms with Crippen molar-refractivity contribution in [3.05, 3.63) is 59.9 Å². The van der Waals surface area contributed by atoms with E-state index in [2.05, 4.69) is 22.5 Å². The summed E-state index contributed by atoms with van der Waals surface area (Å²) in [6, 6.07) is 10.7. The normalized spacial score (nSPS) is 16.0. The van der Waals surface area contributed by atoms with Crippen LogP contribution in [0, 0.1) is 0 Å². The number of amides is 2. The molecule has 0 bridgehead atoms. The van der Waals surface area contributed by atoms with Crippen LogP contribution in [0.25, 0.3) is 0 Å². The number of nitrogens with zero attached hydrogens (tertiary/aromatic N) is 2. The van der Waals surface area contributed by atoms with E-state index in [1.807, 2.05) is 4.90 Å². The number of hydrogen-bond donors (Lipinski definition) is 2. The van der Waals surface area contributed by atoms with Gasteiger partial charge in [0.05, 0.1) is 5.56 Å². The molecule has 0 aliphatic carbocycles. The van der Waals surface area contributed by atoms with Gasteiger partial charge in [0.25, 0.3) is 11.8 Å². The maximum atomic E-state index is 12.6. The van der Waals surface area contributed by atoms with Crippen LogP contribution < -0.4 is 10.6 Å². The summed E-state index contributed by atoms with van der Waals surface area (Å²) in [5, 5.41) is 6.12. The van der Waals surface area contributed by atoms with Crippen LogP contribution in [0.5, 0.6) is 0 Å². The Morgan fingerprint density at radius 2 is 1.96 bits per heavy atom. The zero-order valence-electron chi connectivity index (χ0n) is 14.3. The Balaban J connectivity index is 0.00000169. The highest BCUT2D eigenvalue weighted by Crippen LogP contribution is 2.15. The van der Waals surface area contributed by atoms with Crippen molar-refractivity contribution >= 4 is 42.3 Å². The van der Waals surface area contributed by atoms with E-state index in [9.17, 15) is 9.59 Å². The highest BCUT2D eigenvalue weighted by molar-refractivity contribution is 6.04. The highest BCUT2D eigenvalue weighted by Gasteiger charge is 2.21. The number of carbonyl (C=O) groups excluding carboxylic acids is 2. The molecule has 2 aromatic rings. The second-order valence-corrected chi connectivity index (χ2v) is 5.88. The van der Waals surface area contributed by atoms with Crippen molar-refractivity contribution in [2.45, 2.75) is 13.0 Å². The van der Waals surface area contributed by atoms with Gasteiger partial charge in [-0.05, 0) is 37.3 Å². The second-order valence-electron chi connectivity index (χ2n) is 5.88. The third kappa shape index (κ3) is 5.42. The molecule has 6 nitrogen and oxygen atoms in total. The summed E-state index contributed by atoms with van der Waals surface area (Å²) >= 11 is 0. The summed E-state index contributed by atoms with van der Waals surface area (Å²) in [5.41, 5.74) is 1.65. The van der Waals surface area contributed by atoms with Gasteiger partial charge in [0.2, 0.25) is 0 Å². The molecule has 1 aromatic heterocycles. The second kappa shape index (κ2) is 10.1. The van der Waals surface area contributed by atoms with Gasteiger partial charge in [0.15, 0.2) is 0 Å². The van der Waals surface area contributed by atoms with Gasteiger partial charge in [-0.15, -0.1) is 24.8 Å². The van der Waals surface area contributed by atoms with Crippen LogP contribution >= 0.6 is 24.8 Å². The van der Waals surface area contributed by atoms with E-state index >= 15 is 0 Å². The number of aromatic nitrogens is 1. The molecule has 26 heavy (non-hydrogen) atoms. The van der Waals surface area contributed by atoms with Crippen molar-refractivity contribution < 1.29 is 9.59 Å². The maximum Gasteiger partial charge on any atom is 0.257 e. The molecule has 0 saturated carbocycles. The van der Waals surface area contributed by atoms with E-state index in [1.54, 1.807) is 42.6 Å². The molecule has 140 valence electrons. The quantitative estimate of drug-likeness (QED) is 0.835. The minimum atomic E-state index is -0.247. The predicted octanol–water partition coefficient (Wildman–Crippen LogP) is 2.61. The SMILES string of the molecule is CC1CN(C(=O)c2cccc(NC(=O)c3cccnc3)c2)CCN1.Cl.Cl. The molecule has 0 spiro atoms. The fraction of sp³-hybridized carbons (Fsp3) is 0.278. The Morgan fingerprint density at radius 1 is 1.19 bits per heavy atom. The summed E-state index contributed by atoms with van der Waals surface area (Å²) in [7, 11) is 0. The van der Waals surface area contributed by atoms with E-state index in [0.29, 0.717) is 29.9 Å². The van der Waals surface area contributed by atoms with E-state index in [-0.39, 0.29) is 42.7 Å². The van der Waals surface area contributed by atoms with E-state index in [1.165, 1.54) is 6.20 Å². The van der Waals surface area contributed by atoms with Gasteiger partial charge in [0.1, 0.15) is 0 Å². The van der Waals surface area contributed by atoms with Gasteiger partial charge in [-0.2, -0.15) is 0 Å². The van der Waals surface area contributed by atoms with Crippen LogP contribution in [0.4, 0.5) is 5.69 Å². The predicted molar refractivity (Wildman–Crippen MR) is 106 cm³/mol. The monoisotopic (exact) mass is 396 g/mol. The van der Waals surface area contributed by atoms with Gasteiger partial charge in [-0.25, -0.2) is 0 Å². The molecule has 2 N–H and O–H groups in total. The lowest BCUT2D eigenvalue weighted by molar-refractivity contribution is 0.0709. The number of halogens is 2. The topological polar surface area (TPSA) is 74.3 Å². The first-order valence-corrected chi connectivity index (χ1v) is 7.97. The summed E-state index contributed by atoms with van der Waals surface area (Å²) in [6.45, 7) is 4.23. The largest absolute Gasteiger partial charge is 0.336 e. The molecular formula is C18H22Cl2N4O2. The number of anilines is 1. The van der Waals surface area contributed by atoms with E-state index < -0.39 is 0 Å². The molecule has 1 aliphatic heterocycles. The molecule has 2 heterocycles. The van der Waals surface area contributed by atoms with Gasteiger partial charge >= 0.3 is 0 Å². The zero-order valence-corrected chi connectivity index (χ0v) is 16.0. The van der Waals surface area contributed by atoms with Gasteiger partial charge in [-0.1, -0.05) is 6.07 Å². The fourth-order valence-corrected chi connectivity index (χ4v) is 2.73. The Bertz CT molecular complexity index is 743. The Labute approximate surface area is 165 Å². The third-order valence-corrected chi connectivity index (χ3v) is 3.95. The first-order chi connectivity index (χ1) is 11.6. The molecule has 1 aromatic carbocycles. The van der Waals surface area contributed by atoms with E-state index in [4.69, 9.17) is 0 Å². The van der Waals surface area contributed by atoms with Crippen molar-refractivity contribution in [2.24, 2.45) is 0 Å². The standard InChI is InChI=1S/C18H20N4O2.2ClH/c1-13-12-22(9-8-20-13)18(24)14-4-2-6-16(10-14)21-17(23)15-5-3-7-19-11-15;;/h2-7,10-11,13,20H,8-9,12H2,1H3,(H,21,23);2*1H. The molecule has 1 fully saturated rings. The highest BCUT2D eigenvalue weighted by atomic mass is 35.5. The number of benzene rings is 1. The van der Waals surface area contributed by atoms with Gasteiger partial charge in [0, 0.05) is 49.3 Å². The number of piperazine rings is 1. The van der Waals surface area contributed by atoms with Crippen LogP contribution in [0.2, 0.25) is 0 Å². The van der Waals surface area contributed by atoms with Gasteiger partial charge in [-0.3, -0.25) is 14.6 Å². The van der Waals surface area contributed by atoms with Crippen molar-refractivity contribution in [3.63, 3.8) is 0 Å². The summed E-state index contributed by atoms with van der Waals surface area (Å²) in [6.07, 6.45) is 3.12. The number of rotatable bonds is 3. The molecule has 1 unspecified atom stereocenters. The lowest BCUT2D eigenvalue weighted by Crippen LogP contribution is -2.51. The molecule has 1 saturated heterocycles. The van der Waals surface area contributed by atoms with Crippen LogP contribution in [0.15, 0.2) is 48.8 Å². The summed E-state index contributed by atoms with van der Waals surface area (Å²) in [5.74, 6) is -0.260. The Hall–Kier alpha value is -2.15. The molecule has 8 heteroatoms. The fourth-order valence-electron chi connectivity index (χ4n) is 2.73. The minimum Gasteiger partial charge on any atom is -0.336 e. The first-order valence-electron chi connectivity index (χ1n) is 7.97. The van der Waals surface area contributed by atoms with Crippen LogP contribution in [-0.2, 0) is 0 Å². The van der Waals surface area contributed by atoms with E-state index in [0.717, 1.165) is 6.54 Å². The first kappa shape index (κ1) is 21.9.